The van der Waals surface area contributed by atoms with Gasteiger partial charge in [-0.2, -0.15) is 0 Å². The number of nitrogens with zero attached hydrogens (tertiary/aromatic N) is 1. The van der Waals surface area contributed by atoms with Crippen LogP contribution in [0.5, 0.6) is 11.5 Å². The molecule has 1 aromatic heterocycles. The molecule has 4 heteroatoms. The van der Waals surface area contributed by atoms with Gasteiger partial charge < -0.3 is 14.5 Å². The van der Waals surface area contributed by atoms with Crippen LogP contribution in [0.1, 0.15) is 13.3 Å². The van der Waals surface area contributed by atoms with Crippen LogP contribution in [0, 0.1) is 5.92 Å². The normalized spacial score (nSPS) is 22.9. The van der Waals surface area contributed by atoms with Crippen molar-refractivity contribution in [3.63, 3.8) is 0 Å². The smallest absolute Gasteiger partial charge is 0.171 e. The summed E-state index contributed by atoms with van der Waals surface area (Å²) in [6.07, 6.45) is 3.37. The zero-order chi connectivity index (χ0) is 13.5. The number of ether oxygens (including phenoxy) is 2. The lowest BCUT2D eigenvalue weighted by Crippen LogP contribution is -2.51. The van der Waals surface area contributed by atoms with Crippen molar-refractivity contribution in [2.45, 2.75) is 19.4 Å². The summed E-state index contributed by atoms with van der Waals surface area (Å²) in [4.78, 5) is 5.68. The summed E-state index contributed by atoms with van der Waals surface area (Å²) in [7, 11) is 0. The van der Waals surface area contributed by atoms with Crippen molar-refractivity contribution >= 4 is 10.9 Å². The Bertz CT molecular complexity index is 616. The molecule has 4 rings (SSSR count). The van der Waals surface area contributed by atoms with Crippen molar-refractivity contribution in [1.29, 1.82) is 0 Å². The van der Waals surface area contributed by atoms with Crippen LogP contribution in [0.3, 0.4) is 0 Å². The van der Waals surface area contributed by atoms with Gasteiger partial charge in [0, 0.05) is 36.7 Å². The molecule has 0 spiro atoms. The monoisotopic (exact) mass is 272 g/mol. The third-order valence-electron chi connectivity index (χ3n) is 4.43. The fourth-order valence-electron chi connectivity index (χ4n) is 3.17. The SMILES string of the molecule is CCC1CN(CC2COc3ccc4[nH]ccc4c3O2)C1. The van der Waals surface area contributed by atoms with E-state index in [4.69, 9.17) is 9.47 Å². The summed E-state index contributed by atoms with van der Waals surface area (Å²) in [5, 5.41) is 1.11. The van der Waals surface area contributed by atoms with Gasteiger partial charge in [-0.3, -0.25) is 4.90 Å². The maximum absolute atomic E-state index is 6.19. The van der Waals surface area contributed by atoms with Gasteiger partial charge in [-0.1, -0.05) is 13.3 Å². The van der Waals surface area contributed by atoms with Crippen molar-refractivity contribution < 1.29 is 9.47 Å². The summed E-state index contributed by atoms with van der Waals surface area (Å²) in [6.45, 7) is 6.29. The quantitative estimate of drug-likeness (QED) is 0.933. The zero-order valence-corrected chi connectivity index (χ0v) is 11.8. The Morgan fingerprint density at radius 1 is 1.30 bits per heavy atom. The van der Waals surface area contributed by atoms with E-state index in [1.165, 1.54) is 19.5 Å². The highest BCUT2D eigenvalue weighted by molar-refractivity contribution is 5.88. The van der Waals surface area contributed by atoms with Gasteiger partial charge in [0.05, 0.1) is 0 Å². The van der Waals surface area contributed by atoms with Gasteiger partial charge in [0.2, 0.25) is 0 Å². The predicted octanol–water partition coefficient (Wildman–Crippen LogP) is 2.65. The number of likely N-dealkylation sites (tertiary alicyclic amines) is 1. The number of hydrogen-bond donors (Lipinski definition) is 1. The molecule has 4 nitrogen and oxygen atoms in total. The number of aromatic nitrogens is 1. The van der Waals surface area contributed by atoms with Crippen molar-refractivity contribution in [2.24, 2.45) is 5.92 Å². The molecule has 1 N–H and O–H groups in total. The average Bonchev–Trinajstić information content (AvgIpc) is 2.91. The lowest BCUT2D eigenvalue weighted by atomic mass is 9.97. The highest BCUT2D eigenvalue weighted by Crippen LogP contribution is 2.38. The van der Waals surface area contributed by atoms with Crippen molar-refractivity contribution in [3.8, 4) is 11.5 Å². The van der Waals surface area contributed by atoms with E-state index in [-0.39, 0.29) is 6.10 Å². The van der Waals surface area contributed by atoms with Crippen LogP contribution in [-0.4, -0.2) is 42.2 Å². The topological polar surface area (TPSA) is 37.5 Å². The molecule has 1 atom stereocenters. The molecular weight excluding hydrogens is 252 g/mol. The second-order valence-corrected chi connectivity index (χ2v) is 5.88. The van der Waals surface area contributed by atoms with Crippen LogP contribution in [0.15, 0.2) is 24.4 Å². The number of aromatic amines is 1. The molecule has 20 heavy (non-hydrogen) atoms. The molecule has 2 aliphatic heterocycles. The van der Waals surface area contributed by atoms with Gasteiger partial charge in [0.1, 0.15) is 12.7 Å². The molecule has 1 fully saturated rings. The largest absolute Gasteiger partial charge is 0.486 e. The minimum absolute atomic E-state index is 0.140. The minimum Gasteiger partial charge on any atom is -0.486 e. The average molecular weight is 272 g/mol. The lowest BCUT2D eigenvalue weighted by molar-refractivity contribution is 0.0166. The van der Waals surface area contributed by atoms with Gasteiger partial charge >= 0.3 is 0 Å². The Balaban J connectivity index is 1.50. The summed E-state index contributed by atoms with van der Waals surface area (Å²) in [5.74, 6) is 2.64. The van der Waals surface area contributed by atoms with Crippen LogP contribution in [0.4, 0.5) is 0 Å². The van der Waals surface area contributed by atoms with Crippen LogP contribution < -0.4 is 9.47 Å². The van der Waals surface area contributed by atoms with Gasteiger partial charge in [0.25, 0.3) is 0 Å². The molecule has 1 unspecified atom stereocenters. The van der Waals surface area contributed by atoms with E-state index >= 15 is 0 Å². The van der Waals surface area contributed by atoms with E-state index in [2.05, 4.69) is 22.9 Å². The van der Waals surface area contributed by atoms with Gasteiger partial charge in [-0.15, -0.1) is 0 Å². The van der Waals surface area contributed by atoms with Crippen molar-refractivity contribution in [2.75, 3.05) is 26.2 Å². The number of rotatable bonds is 3. The van der Waals surface area contributed by atoms with Crippen molar-refractivity contribution in [1.82, 2.24) is 9.88 Å². The number of hydrogen-bond acceptors (Lipinski definition) is 3. The Morgan fingerprint density at radius 2 is 2.20 bits per heavy atom. The first-order chi connectivity index (χ1) is 9.83. The molecule has 0 amide bonds. The molecule has 3 heterocycles. The number of nitrogens with one attached hydrogen (secondary N) is 1. The van der Waals surface area contributed by atoms with Gasteiger partial charge in [-0.05, 0) is 24.1 Å². The Hall–Kier alpha value is -1.68. The summed E-state index contributed by atoms with van der Waals surface area (Å²) in [6, 6.07) is 6.08. The fourth-order valence-corrected chi connectivity index (χ4v) is 3.17. The van der Waals surface area contributed by atoms with Crippen LogP contribution in [-0.2, 0) is 0 Å². The second-order valence-electron chi connectivity index (χ2n) is 5.88. The molecule has 0 bridgehead atoms. The van der Waals surface area contributed by atoms with Crippen LogP contribution >= 0.6 is 0 Å². The lowest BCUT2D eigenvalue weighted by Gasteiger charge is -2.41. The van der Waals surface area contributed by atoms with E-state index < -0.39 is 0 Å². The first kappa shape index (κ1) is 12.1. The van der Waals surface area contributed by atoms with Gasteiger partial charge in [0.15, 0.2) is 11.5 Å². The Morgan fingerprint density at radius 3 is 3.05 bits per heavy atom. The standard InChI is InChI=1S/C16H20N2O2/c1-2-11-7-18(8-11)9-12-10-19-15-4-3-14-13(5-6-17-14)16(15)20-12/h3-6,11-12,17H,2,7-10H2,1H3. The molecule has 1 aromatic carbocycles. The van der Waals surface area contributed by atoms with Gasteiger partial charge in [-0.25, -0.2) is 0 Å². The maximum atomic E-state index is 6.19. The molecule has 0 radical (unpaired) electrons. The minimum atomic E-state index is 0.140. The third-order valence-corrected chi connectivity index (χ3v) is 4.43. The van der Waals surface area contributed by atoms with E-state index in [0.29, 0.717) is 6.61 Å². The summed E-state index contributed by atoms with van der Waals surface area (Å²) >= 11 is 0. The van der Waals surface area contributed by atoms with Crippen LogP contribution in [0.2, 0.25) is 0 Å². The predicted molar refractivity (Wildman–Crippen MR) is 78.4 cm³/mol. The molecule has 1 saturated heterocycles. The number of fused-ring (bicyclic) bond motifs is 3. The maximum Gasteiger partial charge on any atom is 0.171 e. The van der Waals surface area contributed by atoms with Crippen LogP contribution in [0.25, 0.3) is 10.9 Å². The molecule has 106 valence electrons. The molecule has 0 saturated carbocycles. The molecule has 2 aliphatic rings. The molecular formula is C16H20N2O2. The van der Waals surface area contributed by atoms with E-state index in [9.17, 15) is 0 Å². The van der Waals surface area contributed by atoms with E-state index in [1.807, 2.05) is 18.3 Å². The highest BCUT2D eigenvalue weighted by atomic mass is 16.6. The second kappa shape index (κ2) is 4.70. The summed E-state index contributed by atoms with van der Waals surface area (Å²) < 4.78 is 12.1. The molecule has 0 aliphatic carbocycles. The zero-order valence-electron chi connectivity index (χ0n) is 11.8. The van der Waals surface area contributed by atoms with E-state index in [0.717, 1.165) is 34.9 Å². The first-order valence-corrected chi connectivity index (χ1v) is 7.45. The van der Waals surface area contributed by atoms with E-state index in [1.54, 1.807) is 0 Å². The highest BCUT2D eigenvalue weighted by Gasteiger charge is 2.30. The summed E-state index contributed by atoms with van der Waals surface area (Å²) in [5.41, 5.74) is 1.10. The number of benzene rings is 1. The Labute approximate surface area is 118 Å². The molecule has 2 aromatic rings. The Kier molecular flexibility index (Phi) is 2.84. The van der Waals surface area contributed by atoms with Crippen molar-refractivity contribution in [3.05, 3.63) is 24.4 Å². The number of H-pyrrole nitrogens is 1. The first-order valence-electron chi connectivity index (χ1n) is 7.45. The third kappa shape index (κ3) is 1.95. The fraction of sp³-hybridized carbons (Fsp3) is 0.500.